The summed E-state index contributed by atoms with van der Waals surface area (Å²) in [7, 11) is 0. The van der Waals surface area contributed by atoms with Gasteiger partial charge in [-0.05, 0) is 68.5 Å². The van der Waals surface area contributed by atoms with Gasteiger partial charge in [-0.2, -0.15) is 0 Å². The van der Waals surface area contributed by atoms with Crippen LogP contribution in [0.2, 0.25) is 0 Å². The van der Waals surface area contributed by atoms with Gasteiger partial charge in [-0.25, -0.2) is 9.79 Å². The van der Waals surface area contributed by atoms with Crippen LogP contribution in [-0.4, -0.2) is 23.6 Å². The van der Waals surface area contributed by atoms with Gasteiger partial charge in [0.1, 0.15) is 21.9 Å². The highest BCUT2D eigenvalue weighted by atomic mass is 32.1. The van der Waals surface area contributed by atoms with Gasteiger partial charge < -0.3 is 19.6 Å². The summed E-state index contributed by atoms with van der Waals surface area (Å²) in [5, 5.41) is 13.9. The number of thiophene rings is 1. The lowest BCUT2D eigenvalue weighted by Gasteiger charge is -2.11. The summed E-state index contributed by atoms with van der Waals surface area (Å²) in [6.07, 6.45) is 3.73. The first-order chi connectivity index (χ1) is 17.0. The minimum Gasteiger partial charge on any atom is -0.508 e. The van der Waals surface area contributed by atoms with E-state index in [1.807, 2.05) is 18.2 Å². The molecule has 2 heterocycles. The van der Waals surface area contributed by atoms with Crippen LogP contribution < -0.4 is 10.9 Å². The van der Waals surface area contributed by atoms with Gasteiger partial charge in [0.25, 0.3) is 5.91 Å². The van der Waals surface area contributed by atoms with E-state index >= 15 is 0 Å². The quantitative estimate of drug-likeness (QED) is 0.349. The van der Waals surface area contributed by atoms with E-state index < -0.39 is 11.9 Å². The Morgan fingerprint density at radius 3 is 2.71 bits per heavy atom. The molecule has 1 aliphatic rings. The Labute approximate surface area is 205 Å². The molecule has 0 bridgehead atoms. The maximum Gasteiger partial charge on any atom is 0.341 e. The van der Waals surface area contributed by atoms with Crippen molar-refractivity contribution in [3.8, 4) is 5.75 Å². The Morgan fingerprint density at radius 2 is 1.91 bits per heavy atom. The first-order valence-electron chi connectivity index (χ1n) is 11.5. The zero-order valence-corrected chi connectivity index (χ0v) is 20.0. The third kappa shape index (κ3) is 4.70. The summed E-state index contributed by atoms with van der Waals surface area (Å²) in [5.74, 6) is -0.778. The van der Waals surface area contributed by atoms with Gasteiger partial charge in [-0.1, -0.05) is 18.2 Å². The number of esters is 1. The molecule has 0 saturated carbocycles. The predicted octanol–water partition coefficient (Wildman–Crippen LogP) is 5.74. The average molecular weight is 489 g/mol. The molecule has 2 aromatic heterocycles. The Balaban J connectivity index is 1.70. The smallest absolute Gasteiger partial charge is 0.341 e. The molecule has 4 aromatic rings. The van der Waals surface area contributed by atoms with Crippen LogP contribution in [0.15, 0.2) is 64.0 Å². The number of benzene rings is 2. The number of carbonyl (C=O) groups excluding carboxylic acids is 2. The number of aryl methyl sites for hydroxylation is 1. The molecule has 0 fully saturated rings. The number of nitrogens with one attached hydrogen (secondary N) is 1. The van der Waals surface area contributed by atoms with Crippen LogP contribution in [0, 0.1) is 0 Å². The highest BCUT2D eigenvalue weighted by Crippen LogP contribution is 2.40. The van der Waals surface area contributed by atoms with Crippen molar-refractivity contribution in [2.45, 2.75) is 32.6 Å². The van der Waals surface area contributed by atoms with E-state index in [4.69, 9.17) is 14.1 Å². The van der Waals surface area contributed by atoms with Crippen molar-refractivity contribution in [2.24, 2.45) is 4.99 Å². The summed E-state index contributed by atoms with van der Waals surface area (Å²) in [6, 6.07) is 15.4. The highest BCUT2D eigenvalue weighted by molar-refractivity contribution is 7.16. The second kappa shape index (κ2) is 9.76. The van der Waals surface area contributed by atoms with Crippen LogP contribution in [0.25, 0.3) is 11.0 Å². The minimum atomic E-state index is -0.417. The van der Waals surface area contributed by atoms with E-state index in [0.29, 0.717) is 27.2 Å². The number of para-hydroxylation sites is 1. The summed E-state index contributed by atoms with van der Waals surface area (Å²) >= 11 is 1.44. The van der Waals surface area contributed by atoms with Crippen molar-refractivity contribution in [1.29, 1.82) is 0 Å². The van der Waals surface area contributed by atoms with Crippen LogP contribution in [0.5, 0.6) is 5.75 Å². The van der Waals surface area contributed by atoms with Crippen molar-refractivity contribution in [1.82, 2.24) is 0 Å². The Kier molecular flexibility index (Phi) is 6.37. The van der Waals surface area contributed by atoms with Crippen LogP contribution in [-0.2, 0) is 17.6 Å². The number of amides is 1. The van der Waals surface area contributed by atoms with Crippen LogP contribution in [0.3, 0.4) is 0 Å². The number of hydrogen-bond acceptors (Lipinski definition) is 7. The van der Waals surface area contributed by atoms with E-state index in [0.717, 1.165) is 36.1 Å². The standard InChI is InChI=1S/C27H24N2O5S/c1-2-33-27(32)23-19-10-6-7-11-22(19)35-26(23)29-25-20(24(31)28-17-8-4-3-5-9-17)14-16-12-13-18(30)15-21(16)34-25/h3-5,8-9,12-15,30H,2,6-7,10-11H2,1H3,(H,28,31)/b29-25-. The number of hydrogen-bond donors (Lipinski definition) is 2. The fraction of sp³-hybridized carbons (Fsp3) is 0.222. The number of ether oxygens (including phenoxy) is 1. The minimum absolute atomic E-state index is 0.0347. The van der Waals surface area contributed by atoms with E-state index in [2.05, 4.69) is 5.32 Å². The van der Waals surface area contributed by atoms with Gasteiger partial charge in [-0.15, -0.1) is 11.3 Å². The van der Waals surface area contributed by atoms with Gasteiger partial charge in [-0.3, -0.25) is 4.79 Å². The molecule has 5 rings (SSSR count). The topological polar surface area (TPSA) is 101 Å². The maximum atomic E-state index is 13.3. The Hall–Kier alpha value is -3.91. The normalized spacial score (nSPS) is 13.5. The Morgan fingerprint density at radius 1 is 1.11 bits per heavy atom. The predicted molar refractivity (Wildman–Crippen MR) is 134 cm³/mol. The van der Waals surface area contributed by atoms with E-state index in [9.17, 15) is 14.7 Å². The molecule has 1 amide bonds. The number of aromatic hydroxyl groups is 1. The monoisotopic (exact) mass is 488 g/mol. The molecular formula is C27H24N2O5S. The zero-order chi connectivity index (χ0) is 24.4. The summed E-state index contributed by atoms with van der Waals surface area (Å²) in [4.78, 5) is 32.0. The van der Waals surface area contributed by atoms with Gasteiger partial charge in [0.05, 0.1) is 12.2 Å². The fourth-order valence-electron chi connectivity index (χ4n) is 4.21. The Bertz CT molecular complexity index is 1490. The molecule has 0 radical (unpaired) electrons. The molecule has 2 aromatic carbocycles. The summed E-state index contributed by atoms with van der Waals surface area (Å²) in [6.45, 7) is 2.03. The lowest BCUT2D eigenvalue weighted by atomic mass is 9.95. The first kappa shape index (κ1) is 22.9. The van der Waals surface area contributed by atoms with Crippen molar-refractivity contribution < 1.29 is 23.8 Å². The third-order valence-corrected chi connectivity index (χ3v) is 7.03. The van der Waals surface area contributed by atoms with E-state index in [1.54, 1.807) is 31.2 Å². The third-order valence-electron chi connectivity index (χ3n) is 5.85. The number of carbonyl (C=O) groups is 2. The molecule has 0 aliphatic heterocycles. The number of fused-ring (bicyclic) bond motifs is 2. The second-order valence-electron chi connectivity index (χ2n) is 8.23. The van der Waals surface area contributed by atoms with Gasteiger partial charge >= 0.3 is 5.97 Å². The first-order valence-corrected chi connectivity index (χ1v) is 12.3. The molecule has 8 heteroatoms. The number of anilines is 1. The van der Waals surface area contributed by atoms with Crippen molar-refractivity contribution in [3.05, 3.63) is 81.7 Å². The largest absolute Gasteiger partial charge is 0.508 e. The number of nitrogens with zero attached hydrogens (tertiary/aromatic N) is 1. The maximum absolute atomic E-state index is 13.3. The van der Waals surface area contributed by atoms with Crippen molar-refractivity contribution >= 4 is 44.9 Å². The molecule has 1 aliphatic carbocycles. The highest BCUT2D eigenvalue weighted by Gasteiger charge is 2.27. The van der Waals surface area contributed by atoms with Crippen LogP contribution in [0.4, 0.5) is 10.7 Å². The molecule has 7 nitrogen and oxygen atoms in total. The SMILES string of the molecule is CCOC(=O)c1c(/N=c2\oc3cc(O)ccc3cc2C(=O)Nc2ccccc2)sc2c1CCCC2. The number of rotatable bonds is 5. The molecule has 2 N–H and O–H groups in total. The number of phenols is 1. The van der Waals surface area contributed by atoms with Gasteiger partial charge in [0.15, 0.2) is 0 Å². The fourth-order valence-corrected chi connectivity index (χ4v) is 5.45. The lowest BCUT2D eigenvalue weighted by molar-refractivity contribution is 0.0526. The molecule has 0 atom stereocenters. The van der Waals surface area contributed by atoms with E-state index in [1.165, 1.54) is 23.5 Å². The molecule has 0 saturated heterocycles. The summed E-state index contributed by atoms with van der Waals surface area (Å²) < 4.78 is 11.4. The van der Waals surface area contributed by atoms with Gasteiger partial charge in [0.2, 0.25) is 5.55 Å². The molecule has 0 unspecified atom stereocenters. The van der Waals surface area contributed by atoms with Crippen LogP contribution >= 0.6 is 11.3 Å². The molecular weight excluding hydrogens is 464 g/mol. The van der Waals surface area contributed by atoms with Crippen molar-refractivity contribution in [3.63, 3.8) is 0 Å². The lowest BCUT2D eigenvalue weighted by Crippen LogP contribution is -2.21. The molecule has 178 valence electrons. The van der Waals surface area contributed by atoms with Crippen LogP contribution in [0.1, 0.15) is 50.9 Å². The van der Waals surface area contributed by atoms with E-state index in [-0.39, 0.29) is 23.5 Å². The molecule has 35 heavy (non-hydrogen) atoms. The van der Waals surface area contributed by atoms with Gasteiger partial charge in [0, 0.05) is 22.0 Å². The molecule has 0 spiro atoms. The number of phenolic OH excluding ortho intramolecular Hbond substituents is 1. The average Bonchev–Trinajstić information content (AvgIpc) is 3.22. The van der Waals surface area contributed by atoms with Crippen molar-refractivity contribution in [2.75, 3.05) is 11.9 Å². The zero-order valence-electron chi connectivity index (χ0n) is 19.2. The summed E-state index contributed by atoms with van der Waals surface area (Å²) in [5.41, 5.74) is 2.71. The second-order valence-corrected chi connectivity index (χ2v) is 9.31.